The molecule has 1 heterocycles. The fraction of sp³-hybridized carbons (Fsp3) is 0.636. The minimum Gasteiger partial charge on any atom is -0.477 e. The third kappa shape index (κ3) is 2.59. The van der Waals surface area contributed by atoms with Crippen LogP contribution in [0, 0.1) is 12.3 Å². The first-order valence-corrected chi connectivity index (χ1v) is 5.82. The lowest BCUT2D eigenvalue weighted by Gasteiger charge is -2.27. The van der Waals surface area contributed by atoms with Crippen molar-refractivity contribution in [3.63, 3.8) is 0 Å². The highest BCUT2D eigenvalue weighted by molar-refractivity contribution is 7.13. The van der Waals surface area contributed by atoms with Gasteiger partial charge in [0.15, 0.2) is 0 Å². The van der Waals surface area contributed by atoms with E-state index in [1.807, 2.05) is 20.8 Å². The van der Waals surface area contributed by atoms with Gasteiger partial charge in [-0.15, -0.1) is 11.3 Å². The van der Waals surface area contributed by atoms with E-state index in [1.54, 1.807) is 14.0 Å². The van der Waals surface area contributed by atoms with Gasteiger partial charge in [-0.2, -0.15) is 0 Å². The predicted molar refractivity (Wildman–Crippen MR) is 63.0 cm³/mol. The van der Waals surface area contributed by atoms with Crippen LogP contribution in [0.4, 0.5) is 0 Å². The maximum atomic E-state index is 10.9. The van der Waals surface area contributed by atoms with Crippen molar-refractivity contribution in [2.45, 2.75) is 33.8 Å². The van der Waals surface area contributed by atoms with Crippen molar-refractivity contribution in [2.75, 3.05) is 7.11 Å². The number of nitrogens with zero attached hydrogens (tertiary/aromatic N) is 1. The number of carboxylic acids is 1. The van der Waals surface area contributed by atoms with Crippen molar-refractivity contribution in [1.29, 1.82) is 0 Å². The normalized spacial score (nSPS) is 13.8. The summed E-state index contributed by atoms with van der Waals surface area (Å²) in [6, 6.07) is 0. The van der Waals surface area contributed by atoms with E-state index in [1.165, 1.54) is 11.3 Å². The smallest absolute Gasteiger partial charge is 0.347 e. The van der Waals surface area contributed by atoms with Crippen molar-refractivity contribution in [2.24, 2.45) is 5.41 Å². The quantitative estimate of drug-likeness (QED) is 0.886. The molecule has 0 amide bonds. The van der Waals surface area contributed by atoms with Gasteiger partial charge < -0.3 is 9.84 Å². The Bertz CT molecular complexity index is 392. The Balaban J connectivity index is 3.13. The van der Waals surface area contributed by atoms with Gasteiger partial charge in [-0.1, -0.05) is 20.8 Å². The van der Waals surface area contributed by atoms with Crippen LogP contribution >= 0.6 is 11.3 Å². The summed E-state index contributed by atoms with van der Waals surface area (Å²) >= 11 is 1.19. The molecule has 16 heavy (non-hydrogen) atoms. The minimum absolute atomic E-state index is 0.102. The van der Waals surface area contributed by atoms with Gasteiger partial charge in [-0.05, 0) is 12.3 Å². The summed E-state index contributed by atoms with van der Waals surface area (Å²) < 4.78 is 5.40. The average molecular weight is 243 g/mol. The molecule has 1 rings (SSSR count). The molecule has 1 N–H and O–H groups in total. The predicted octanol–water partition coefficient (Wildman–Crippen LogP) is 2.88. The Labute approximate surface area is 99.3 Å². The van der Waals surface area contributed by atoms with Crippen molar-refractivity contribution >= 4 is 17.3 Å². The van der Waals surface area contributed by atoms with Crippen LogP contribution in [0.15, 0.2) is 0 Å². The first kappa shape index (κ1) is 13.1. The number of hydrogen-bond donors (Lipinski definition) is 1. The summed E-state index contributed by atoms with van der Waals surface area (Å²) in [5.41, 5.74) is 0.452. The van der Waals surface area contributed by atoms with Gasteiger partial charge in [0.25, 0.3) is 0 Å². The summed E-state index contributed by atoms with van der Waals surface area (Å²) in [6.45, 7) is 7.83. The molecule has 1 atom stereocenters. The van der Waals surface area contributed by atoms with Crippen LogP contribution in [0.25, 0.3) is 0 Å². The molecule has 1 aromatic heterocycles. The van der Waals surface area contributed by atoms with Crippen LogP contribution < -0.4 is 0 Å². The van der Waals surface area contributed by atoms with Gasteiger partial charge >= 0.3 is 5.97 Å². The van der Waals surface area contributed by atoms with Crippen LogP contribution in [0.2, 0.25) is 0 Å². The van der Waals surface area contributed by atoms with Gasteiger partial charge in [0, 0.05) is 7.11 Å². The first-order chi connectivity index (χ1) is 7.27. The monoisotopic (exact) mass is 243 g/mol. The highest BCUT2D eigenvalue weighted by atomic mass is 32.1. The van der Waals surface area contributed by atoms with Crippen LogP contribution in [0.1, 0.15) is 47.2 Å². The second-order valence-corrected chi connectivity index (χ2v) is 5.78. The molecule has 0 aromatic carbocycles. The molecular formula is C11H17NO3S. The van der Waals surface area contributed by atoms with Crippen LogP contribution in [0.3, 0.4) is 0 Å². The summed E-state index contributed by atoms with van der Waals surface area (Å²) in [4.78, 5) is 15.5. The molecule has 0 radical (unpaired) electrons. The number of aromatic carboxylic acids is 1. The fourth-order valence-corrected chi connectivity index (χ4v) is 2.78. The number of rotatable bonds is 3. The van der Waals surface area contributed by atoms with Gasteiger partial charge in [0.2, 0.25) is 0 Å². The lowest BCUT2D eigenvalue weighted by Crippen LogP contribution is -2.19. The zero-order valence-corrected chi connectivity index (χ0v) is 11.0. The highest BCUT2D eigenvalue weighted by Gasteiger charge is 2.30. The molecule has 5 heteroatoms. The number of aromatic nitrogens is 1. The molecule has 1 unspecified atom stereocenters. The van der Waals surface area contributed by atoms with Gasteiger partial charge in [0.1, 0.15) is 16.0 Å². The third-order valence-electron chi connectivity index (χ3n) is 2.25. The van der Waals surface area contributed by atoms with E-state index < -0.39 is 5.97 Å². The number of thiazole rings is 1. The Morgan fingerprint density at radius 3 is 2.38 bits per heavy atom. The van der Waals surface area contributed by atoms with Gasteiger partial charge in [-0.25, -0.2) is 9.78 Å². The standard InChI is InChI=1S/C11H17NO3S/c1-6-7(10(13)14)16-9(12-6)8(15-5)11(2,3)4/h8H,1-5H3,(H,13,14). The summed E-state index contributed by atoms with van der Waals surface area (Å²) in [6.07, 6.45) is -0.177. The average Bonchev–Trinajstić information content (AvgIpc) is 2.45. The Morgan fingerprint density at radius 2 is 2.06 bits per heavy atom. The molecule has 0 aliphatic rings. The Morgan fingerprint density at radius 1 is 1.50 bits per heavy atom. The lowest BCUT2D eigenvalue weighted by molar-refractivity contribution is 0.0150. The van der Waals surface area contributed by atoms with E-state index in [9.17, 15) is 4.79 Å². The van der Waals surface area contributed by atoms with E-state index in [2.05, 4.69) is 4.98 Å². The molecule has 0 aliphatic carbocycles. The third-order valence-corrected chi connectivity index (χ3v) is 3.44. The lowest BCUT2D eigenvalue weighted by atomic mass is 9.89. The van der Waals surface area contributed by atoms with E-state index in [4.69, 9.17) is 9.84 Å². The Kier molecular flexibility index (Phi) is 3.70. The summed E-state index contributed by atoms with van der Waals surface area (Å²) in [7, 11) is 1.62. The Hall–Kier alpha value is -0.940. The molecule has 0 bridgehead atoms. The summed E-state index contributed by atoms with van der Waals surface area (Å²) in [5.74, 6) is -0.926. The largest absolute Gasteiger partial charge is 0.477 e. The number of carbonyl (C=O) groups is 1. The zero-order valence-electron chi connectivity index (χ0n) is 10.2. The molecule has 0 fully saturated rings. The van der Waals surface area contributed by atoms with E-state index in [0.29, 0.717) is 10.6 Å². The van der Waals surface area contributed by atoms with Crippen molar-refractivity contribution in [3.8, 4) is 0 Å². The molecule has 0 saturated heterocycles. The second-order valence-electron chi connectivity index (χ2n) is 4.75. The molecule has 0 saturated carbocycles. The van der Waals surface area contributed by atoms with E-state index in [0.717, 1.165) is 5.01 Å². The van der Waals surface area contributed by atoms with Crippen molar-refractivity contribution in [1.82, 2.24) is 4.98 Å². The maximum Gasteiger partial charge on any atom is 0.347 e. The molecule has 90 valence electrons. The number of aryl methyl sites for hydroxylation is 1. The molecule has 0 aliphatic heterocycles. The maximum absolute atomic E-state index is 10.9. The van der Waals surface area contributed by atoms with Crippen LogP contribution in [-0.4, -0.2) is 23.2 Å². The number of carboxylic acid groups (broad SMARTS) is 1. The second kappa shape index (κ2) is 4.51. The molecular weight excluding hydrogens is 226 g/mol. The highest BCUT2D eigenvalue weighted by Crippen LogP contribution is 2.38. The SMILES string of the molecule is COC(c1nc(C)c(C(=O)O)s1)C(C)(C)C. The zero-order chi connectivity index (χ0) is 12.5. The van der Waals surface area contributed by atoms with Crippen molar-refractivity contribution in [3.05, 3.63) is 15.6 Å². The number of ether oxygens (including phenoxy) is 1. The fourth-order valence-electron chi connectivity index (χ4n) is 1.55. The van der Waals surface area contributed by atoms with Gasteiger partial charge in [-0.3, -0.25) is 0 Å². The number of hydrogen-bond acceptors (Lipinski definition) is 4. The van der Waals surface area contributed by atoms with Crippen molar-refractivity contribution < 1.29 is 14.6 Å². The summed E-state index contributed by atoms with van der Waals surface area (Å²) in [5, 5.41) is 9.69. The first-order valence-electron chi connectivity index (χ1n) is 5.00. The topological polar surface area (TPSA) is 59.4 Å². The van der Waals surface area contributed by atoms with E-state index >= 15 is 0 Å². The number of methoxy groups -OCH3 is 1. The molecule has 1 aromatic rings. The van der Waals surface area contributed by atoms with Crippen LogP contribution in [-0.2, 0) is 4.74 Å². The molecule has 0 spiro atoms. The van der Waals surface area contributed by atoms with Crippen LogP contribution in [0.5, 0.6) is 0 Å². The minimum atomic E-state index is -0.926. The van der Waals surface area contributed by atoms with E-state index in [-0.39, 0.29) is 11.5 Å². The van der Waals surface area contributed by atoms with Gasteiger partial charge in [0.05, 0.1) is 5.69 Å². The molecule has 4 nitrogen and oxygen atoms in total.